The maximum atomic E-state index is 13.1. The summed E-state index contributed by atoms with van der Waals surface area (Å²) in [6.07, 6.45) is -4.92. The number of anilines is 1. The highest BCUT2D eigenvalue weighted by Crippen LogP contribution is 2.32. The van der Waals surface area contributed by atoms with Gasteiger partial charge >= 0.3 is 18.0 Å². The maximum Gasteiger partial charge on any atom is 0.419 e. The lowest BCUT2D eigenvalue weighted by molar-refractivity contribution is -0.140. The fourth-order valence-corrected chi connectivity index (χ4v) is 1.58. The van der Waals surface area contributed by atoms with Crippen molar-refractivity contribution < 1.29 is 32.3 Å². The molecule has 3 N–H and O–H groups in total. The van der Waals surface area contributed by atoms with Gasteiger partial charge in [-0.05, 0) is 31.0 Å². The molecule has 0 saturated heterocycles. The van der Waals surface area contributed by atoms with Crippen molar-refractivity contribution in [2.45, 2.75) is 26.1 Å². The zero-order valence-electron chi connectivity index (χ0n) is 12.4. The van der Waals surface area contributed by atoms with E-state index in [-0.39, 0.29) is 18.2 Å². The van der Waals surface area contributed by atoms with Crippen molar-refractivity contribution in [1.29, 1.82) is 0 Å². The second-order valence-corrected chi connectivity index (χ2v) is 5.07. The van der Waals surface area contributed by atoms with E-state index in [9.17, 15) is 27.2 Å². The van der Waals surface area contributed by atoms with Gasteiger partial charge in [0.25, 0.3) is 0 Å². The summed E-state index contributed by atoms with van der Waals surface area (Å²) in [6, 6.07) is 1.35. The number of hydrogen-bond donors (Lipinski definition) is 3. The zero-order valence-corrected chi connectivity index (χ0v) is 12.4. The highest BCUT2D eigenvalue weighted by atomic mass is 19.4. The summed E-state index contributed by atoms with van der Waals surface area (Å²) >= 11 is 0. The van der Waals surface area contributed by atoms with Gasteiger partial charge in [-0.15, -0.1) is 0 Å². The van der Waals surface area contributed by atoms with Crippen molar-refractivity contribution in [2.24, 2.45) is 5.92 Å². The Labute approximate surface area is 129 Å². The molecule has 0 aliphatic carbocycles. The quantitative estimate of drug-likeness (QED) is 0.581. The van der Waals surface area contributed by atoms with Crippen molar-refractivity contribution in [3.05, 3.63) is 29.6 Å². The Morgan fingerprint density at radius 1 is 1.22 bits per heavy atom. The summed E-state index contributed by atoms with van der Waals surface area (Å²) in [5.74, 6) is -4.06. The van der Waals surface area contributed by atoms with E-state index < -0.39 is 35.4 Å². The van der Waals surface area contributed by atoms with Crippen LogP contribution in [0.15, 0.2) is 18.2 Å². The van der Waals surface area contributed by atoms with E-state index in [0.29, 0.717) is 12.1 Å². The third kappa shape index (κ3) is 5.20. The van der Waals surface area contributed by atoms with Crippen LogP contribution in [-0.4, -0.2) is 29.6 Å². The predicted molar refractivity (Wildman–Crippen MR) is 73.9 cm³/mol. The number of alkyl halides is 3. The first-order chi connectivity index (χ1) is 10.6. The summed E-state index contributed by atoms with van der Waals surface area (Å²) in [5.41, 5.74) is -1.90. The minimum Gasteiger partial charge on any atom is -0.396 e. The lowest BCUT2D eigenvalue weighted by atomic mass is 10.1. The molecule has 0 aliphatic heterocycles. The summed E-state index contributed by atoms with van der Waals surface area (Å²) in [6.45, 7) is 2.99. The fourth-order valence-electron chi connectivity index (χ4n) is 1.58. The van der Waals surface area contributed by atoms with Gasteiger partial charge < -0.3 is 15.7 Å². The minimum absolute atomic E-state index is 0.212. The van der Waals surface area contributed by atoms with Crippen LogP contribution >= 0.6 is 0 Å². The number of rotatable bonds is 4. The van der Waals surface area contributed by atoms with Gasteiger partial charge in [-0.3, -0.25) is 9.59 Å². The van der Waals surface area contributed by atoms with Crippen molar-refractivity contribution in [1.82, 2.24) is 5.32 Å². The SMILES string of the molecule is CC(CO)C(C)NC(=O)C(=O)Nc1ccc(F)c(C(F)(F)F)c1. The topological polar surface area (TPSA) is 78.4 Å². The number of nitrogens with one attached hydrogen (secondary N) is 2. The number of amides is 2. The molecule has 1 rings (SSSR count). The van der Waals surface area contributed by atoms with Crippen molar-refractivity contribution in [3.8, 4) is 0 Å². The first-order valence-electron chi connectivity index (χ1n) is 6.65. The molecule has 0 aromatic heterocycles. The number of halogens is 4. The predicted octanol–water partition coefficient (Wildman–Crippen LogP) is 1.92. The number of carbonyl (C=O) groups excluding carboxylic acids is 2. The third-order valence-electron chi connectivity index (χ3n) is 3.24. The van der Waals surface area contributed by atoms with E-state index in [1.807, 2.05) is 5.32 Å². The minimum atomic E-state index is -4.92. The van der Waals surface area contributed by atoms with Crippen LogP contribution in [0.3, 0.4) is 0 Å². The Hall–Kier alpha value is -2.16. The normalized spacial score (nSPS) is 14.0. The Balaban J connectivity index is 2.80. The monoisotopic (exact) mass is 336 g/mol. The Morgan fingerprint density at radius 3 is 2.35 bits per heavy atom. The average molecular weight is 336 g/mol. The number of aliphatic hydroxyl groups excluding tert-OH is 1. The van der Waals surface area contributed by atoms with Gasteiger partial charge in [0.05, 0.1) is 5.56 Å². The lowest BCUT2D eigenvalue weighted by Gasteiger charge is -2.18. The van der Waals surface area contributed by atoms with Gasteiger partial charge in [-0.2, -0.15) is 13.2 Å². The average Bonchev–Trinajstić information content (AvgIpc) is 2.46. The molecule has 2 amide bonds. The molecular weight excluding hydrogens is 320 g/mol. The van der Waals surface area contributed by atoms with E-state index in [1.165, 1.54) is 0 Å². The van der Waals surface area contributed by atoms with Crippen LogP contribution in [0.25, 0.3) is 0 Å². The van der Waals surface area contributed by atoms with Gasteiger partial charge in [0.15, 0.2) is 0 Å². The molecule has 0 aliphatic rings. The summed E-state index contributed by atoms with van der Waals surface area (Å²) in [5, 5.41) is 13.2. The van der Waals surface area contributed by atoms with Crippen molar-refractivity contribution >= 4 is 17.5 Å². The zero-order chi connectivity index (χ0) is 17.8. The summed E-state index contributed by atoms with van der Waals surface area (Å²) < 4.78 is 50.8. The molecular formula is C14H16F4N2O3. The molecule has 2 unspecified atom stereocenters. The Bertz CT molecular complexity index is 590. The van der Waals surface area contributed by atoms with Crippen LogP contribution < -0.4 is 10.6 Å². The van der Waals surface area contributed by atoms with Gasteiger partial charge in [0.1, 0.15) is 5.82 Å². The molecule has 9 heteroatoms. The molecule has 0 saturated carbocycles. The molecule has 23 heavy (non-hydrogen) atoms. The molecule has 0 heterocycles. The van der Waals surface area contributed by atoms with Crippen molar-refractivity contribution in [3.63, 3.8) is 0 Å². The van der Waals surface area contributed by atoms with Gasteiger partial charge in [0.2, 0.25) is 0 Å². The molecule has 0 fully saturated rings. The van der Waals surface area contributed by atoms with Crippen LogP contribution in [0.5, 0.6) is 0 Å². The second-order valence-electron chi connectivity index (χ2n) is 5.07. The van der Waals surface area contributed by atoms with Crippen LogP contribution in [-0.2, 0) is 15.8 Å². The van der Waals surface area contributed by atoms with E-state index in [1.54, 1.807) is 13.8 Å². The Kier molecular flexibility index (Phi) is 6.08. The van der Waals surface area contributed by atoms with E-state index in [0.717, 1.165) is 6.07 Å². The van der Waals surface area contributed by atoms with Gasteiger partial charge in [-0.1, -0.05) is 6.92 Å². The standard InChI is InChI=1S/C14H16F4N2O3/c1-7(6-21)8(2)19-12(22)13(23)20-9-3-4-11(15)10(5-9)14(16,17)18/h3-5,7-8,21H,6H2,1-2H3,(H,19,22)(H,20,23). The molecule has 1 aromatic carbocycles. The second kappa shape index (κ2) is 7.40. The van der Waals surface area contributed by atoms with E-state index in [4.69, 9.17) is 5.11 Å². The van der Waals surface area contributed by atoms with Gasteiger partial charge in [0, 0.05) is 18.3 Å². The molecule has 1 aromatic rings. The lowest BCUT2D eigenvalue weighted by Crippen LogP contribution is -2.44. The fraction of sp³-hybridized carbons (Fsp3) is 0.429. The number of aliphatic hydroxyl groups is 1. The molecule has 0 bridgehead atoms. The maximum absolute atomic E-state index is 13.1. The third-order valence-corrected chi connectivity index (χ3v) is 3.24. The highest BCUT2D eigenvalue weighted by Gasteiger charge is 2.34. The van der Waals surface area contributed by atoms with Crippen LogP contribution in [0.2, 0.25) is 0 Å². The van der Waals surface area contributed by atoms with E-state index >= 15 is 0 Å². The van der Waals surface area contributed by atoms with Crippen molar-refractivity contribution in [2.75, 3.05) is 11.9 Å². The molecule has 0 spiro atoms. The summed E-state index contributed by atoms with van der Waals surface area (Å²) in [4.78, 5) is 23.3. The van der Waals surface area contributed by atoms with Crippen LogP contribution in [0.1, 0.15) is 19.4 Å². The van der Waals surface area contributed by atoms with Crippen LogP contribution in [0.4, 0.5) is 23.2 Å². The molecule has 2 atom stereocenters. The molecule has 0 radical (unpaired) electrons. The van der Waals surface area contributed by atoms with Crippen LogP contribution in [0, 0.1) is 11.7 Å². The Morgan fingerprint density at radius 2 is 1.83 bits per heavy atom. The molecule has 128 valence electrons. The van der Waals surface area contributed by atoms with E-state index in [2.05, 4.69) is 5.32 Å². The molecule has 5 nitrogen and oxygen atoms in total. The first-order valence-corrected chi connectivity index (χ1v) is 6.65. The largest absolute Gasteiger partial charge is 0.419 e. The first kappa shape index (κ1) is 18.9. The van der Waals surface area contributed by atoms with Gasteiger partial charge in [-0.25, -0.2) is 4.39 Å². The highest BCUT2D eigenvalue weighted by molar-refractivity contribution is 6.39. The number of hydrogen-bond acceptors (Lipinski definition) is 3. The summed E-state index contributed by atoms with van der Waals surface area (Å²) in [7, 11) is 0. The number of benzene rings is 1. The smallest absolute Gasteiger partial charge is 0.396 e. The number of carbonyl (C=O) groups is 2.